The van der Waals surface area contributed by atoms with Gasteiger partial charge < -0.3 is 4.74 Å². The molecule has 50 heavy (non-hydrogen) atoms. The summed E-state index contributed by atoms with van der Waals surface area (Å²) in [5.74, 6) is 3.01. The van der Waals surface area contributed by atoms with Gasteiger partial charge in [-0.2, -0.15) is 0 Å². The molecular weight excluding hydrogens is 671 g/mol. The molecule has 0 bridgehead atoms. The Morgan fingerprint density at radius 2 is 1.30 bits per heavy atom. The van der Waals surface area contributed by atoms with E-state index >= 15 is 0 Å². The lowest BCUT2D eigenvalue weighted by atomic mass is 9.85. The fourth-order valence-corrected chi connectivity index (χ4v) is 8.10. The molecule has 4 aromatic carbocycles. The van der Waals surface area contributed by atoms with Crippen molar-refractivity contribution in [1.82, 2.24) is 0 Å². The summed E-state index contributed by atoms with van der Waals surface area (Å²) in [5.41, 5.74) is 9.74. The van der Waals surface area contributed by atoms with Crippen LogP contribution < -0.4 is 23.4 Å². The van der Waals surface area contributed by atoms with E-state index in [1.54, 1.807) is 0 Å². The molecule has 4 aliphatic rings. The third-order valence-electron chi connectivity index (χ3n) is 10.0. The number of hydrogen-bond acceptors (Lipinski definition) is 5. The lowest BCUT2D eigenvalue weighted by Crippen LogP contribution is -2.68. The highest BCUT2D eigenvalue weighted by Crippen LogP contribution is 2.44. The van der Waals surface area contributed by atoms with Crippen molar-refractivity contribution >= 4 is 55.8 Å². The van der Waals surface area contributed by atoms with Crippen LogP contribution >= 0.6 is 11.6 Å². The predicted octanol–water partition coefficient (Wildman–Crippen LogP) is 7.50. The average Bonchev–Trinajstić information content (AvgIpc) is 3.11. The highest BCUT2D eigenvalue weighted by atomic mass is 35.7. The first-order valence-corrected chi connectivity index (χ1v) is 18.6. The fraction of sp³-hybridized carbons (Fsp3) is 0.214. The third kappa shape index (κ3) is 6.63. The molecular formula is C42H34Cl2O6. The van der Waals surface area contributed by atoms with Crippen LogP contribution in [0.3, 0.4) is 0 Å². The summed E-state index contributed by atoms with van der Waals surface area (Å²) in [6.07, 6.45) is 16.4. The van der Waals surface area contributed by atoms with E-state index in [0.717, 1.165) is 85.7 Å². The fourth-order valence-electron chi connectivity index (χ4n) is 7.80. The highest BCUT2D eigenvalue weighted by molar-refractivity contribution is 6.32. The van der Waals surface area contributed by atoms with E-state index in [4.69, 9.17) is 39.4 Å². The Hall–Kier alpha value is -4.27. The molecule has 3 aliphatic carbocycles. The molecule has 0 saturated heterocycles. The summed E-state index contributed by atoms with van der Waals surface area (Å²) in [7, 11) is -4.94. The van der Waals surface area contributed by atoms with E-state index in [1.807, 2.05) is 0 Å². The van der Waals surface area contributed by atoms with Gasteiger partial charge in [-0.15, -0.1) is 10.2 Å². The predicted molar refractivity (Wildman–Crippen MR) is 187 cm³/mol. The number of allylic oxidation sites excluding steroid dienone is 8. The molecule has 1 aliphatic heterocycles. The standard InChI is InChI=1S/C42H34ClO2.ClHO4/c43-40-28(22-30-12-6-14-32-24-36-34-16-3-1-8-26(34)18-20-38(36)44-41(30)32)10-5-11-29(40)23-31-13-7-15-33-25-37-35-17-4-2-9-27(35)19-21-39(37)45-42(31)33;2-1(3,4)5/h1-4,8-9,16-25H,5-7,10-15H2;(H,2,3,4,5)/q+1;/p-1. The molecule has 8 heteroatoms. The maximum absolute atomic E-state index is 8.49. The second-order valence-electron chi connectivity index (χ2n) is 13.2. The van der Waals surface area contributed by atoms with Gasteiger partial charge in [0.1, 0.15) is 11.5 Å². The minimum Gasteiger partial charge on any atom is -0.456 e. The van der Waals surface area contributed by atoms with Crippen LogP contribution in [0.4, 0.5) is 0 Å². The Morgan fingerprint density at radius 1 is 0.660 bits per heavy atom. The van der Waals surface area contributed by atoms with Crippen molar-refractivity contribution in [1.29, 1.82) is 0 Å². The quantitative estimate of drug-likeness (QED) is 0.139. The van der Waals surface area contributed by atoms with E-state index in [9.17, 15) is 0 Å². The molecule has 0 saturated carbocycles. The number of halogens is 2. The van der Waals surface area contributed by atoms with Crippen molar-refractivity contribution < 1.29 is 38.0 Å². The SMILES string of the molecule is ClC1=C(/C=C2\CCCc3cc4c(ccc5ccccc54)[o+]c32)CCC/C1=C/C1=C2Oc3ccc4ccccc4c3C=C2CCC1.[O-][Cl+3]([O-])([O-])[O-]. The highest BCUT2D eigenvalue weighted by Gasteiger charge is 2.30. The van der Waals surface area contributed by atoms with Gasteiger partial charge in [0.2, 0.25) is 0 Å². The third-order valence-corrected chi connectivity index (χ3v) is 10.5. The molecule has 0 radical (unpaired) electrons. The van der Waals surface area contributed by atoms with Crippen LogP contribution in [0.1, 0.15) is 68.3 Å². The average molecular weight is 706 g/mol. The molecule has 0 N–H and O–H groups in total. The zero-order valence-electron chi connectivity index (χ0n) is 27.3. The van der Waals surface area contributed by atoms with Crippen molar-refractivity contribution in [3.8, 4) is 5.75 Å². The van der Waals surface area contributed by atoms with Crippen molar-refractivity contribution in [3.05, 3.63) is 141 Å². The largest absolute Gasteiger partial charge is 0.456 e. The zero-order chi connectivity index (χ0) is 34.4. The molecule has 5 aromatic rings. The van der Waals surface area contributed by atoms with Crippen LogP contribution in [0, 0.1) is 10.2 Å². The minimum absolute atomic E-state index is 0.902. The van der Waals surface area contributed by atoms with Crippen LogP contribution in [0.25, 0.3) is 44.2 Å². The lowest BCUT2D eigenvalue weighted by molar-refractivity contribution is -2.00. The zero-order valence-corrected chi connectivity index (χ0v) is 28.8. The van der Waals surface area contributed by atoms with Crippen LogP contribution in [0.2, 0.25) is 0 Å². The number of rotatable bonds is 2. The molecule has 252 valence electrons. The van der Waals surface area contributed by atoms with E-state index < -0.39 is 10.2 Å². The van der Waals surface area contributed by atoms with Crippen LogP contribution in [-0.4, -0.2) is 0 Å². The van der Waals surface area contributed by atoms with Gasteiger partial charge in [-0.1, -0.05) is 72.3 Å². The molecule has 0 amide bonds. The molecule has 0 spiro atoms. The molecule has 6 nitrogen and oxygen atoms in total. The maximum atomic E-state index is 8.49. The summed E-state index contributed by atoms with van der Waals surface area (Å²) in [4.78, 5) is 0. The monoisotopic (exact) mass is 704 g/mol. The van der Waals surface area contributed by atoms with Crippen molar-refractivity contribution in [3.63, 3.8) is 0 Å². The summed E-state index contributed by atoms with van der Waals surface area (Å²) in [6, 6.07) is 28.1. The molecule has 0 unspecified atom stereocenters. The van der Waals surface area contributed by atoms with Crippen LogP contribution in [-0.2, 0) is 6.42 Å². The molecule has 2 heterocycles. The number of aryl methyl sites for hydroxylation is 1. The number of hydrogen-bond donors (Lipinski definition) is 0. The molecule has 1 aromatic heterocycles. The summed E-state index contributed by atoms with van der Waals surface area (Å²) in [5, 5.41) is 7.10. The molecule has 0 fully saturated rings. The van der Waals surface area contributed by atoms with E-state index in [0.29, 0.717) is 0 Å². The first-order valence-electron chi connectivity index (χ1n) is 17.0. The number of benzene rings is 4. The Balaban J connectivity index is 0.000000677. The number of fused-ring (bicyclic) bond motifs is 8. The second kappa shape index (κ2) is 13.5. The van der Waals surface area contributed by atoms with Gasteiger partial charge in [0.25, 0.3) is 0 Å². The Labute approximate surface area is 297 Å². The van der Waals surface area contributed by atoms with Crippen molar-refractivity contribution in [2.45, 2.75) is 57.8 Å². The lowest BCUT2D eigenvalue weighted by Gasteiger charge is -2.28. The summed E-state index contributed by atoms with van der Waals surface area (Å²) < 4.78 is 47.3. The Morgan fingerprint density at radius 3 is 2.12 bits per heavy atom. The second-order valence-corrected chi connectivity index (χ2v) is 14.4. The first-order chi connectivity index (χ1) is 24.2. The van der Waals surface area contributed by atoms with E-state index in [2.05, 4.69) is 97.1 Å². The van der Waals surface area contributed by atoms with Gasteiger partial charge >= 0.3 is 11.3 Å². The van der Waals surface area contributed by atoms with E-state index in [1.165, 1.54) is 65.9 Å². The van der Waals surface area contributed by atoms with Gasteiger partial charge in [-0.25, -0.2) is 23.1 Å². The van der Waals surface area contributed by atoms with Crippen molar-refractivity contribution in [2.24, 2.45) is 0 Å². The van der Waals surface area contributed by atoms with Gasteiger partial charge in [-0.05, 0) is 132 Å². The van der Waals surface area contributed by atoms with Gasteiger partial charge in [0.15, 0.2) is 0 Å². The van der Waals surface area contributed by atoms with Gasteiger partial charge in [-0.3, -0.25) is 0 Å². The van der Waals surface area contributed by atoms with Gasteiger partial charge in [0, 0.05) is 16.7 Å². The van der Waals surface area contributed by atoms with Crippen LogP contribution in [0.5, 0.6) is 5.75 Å². The minimum atomic E-state index is -4.94. The normalized spacial score (nSPS) is 19.2. The number of ether oxygens (including phenoxy) is 1. The van der Waals surface area contributed by atoms with Crippen LogP contribution in [0.15, 0.2) is 129 Å². The van der Waals surface area contributed by atoms with Crippen molar-refractivity contribution in [2.75, 3.05) is 0 Å². The first kappa shape index (κ1) is 32.9. The summed E-state index contributed by atoms with van der Waals surface area (Å²) >= 11 is 7.25. The van der Waals surface area contributed by atoms with Gasteiger partial charge in [0.05, 0.1) is 16.5 Å². The Kier molecular flexibility index (Phi) is 8.86. The summed E-state index contributed by atoms with van der Waals surface area (Å²) in [6.45, 7) is 0. The molecule has 9 rings (SSSR count). The Bertz CT molecular complexity index is 2330. The maximum Gasteiger partial charge on any atom is 0.361 e. The smallest absolute Gasteiger partial charge is 0.361 e. The molecule has 0 atom stereocenters. The topological polar surface area (TPSA) is 113 Å². The van der Waals surface area contributed by atoms with E-state index in [-0.39, 0.29) is 0 Å².